The van der Waals surface area contributed by atoms with Crippen LogP contribution < -0.4 is 5.84 Å². The Bertz CT molecular complexity index is 63.2. The average Bonchev–Trinajstić information content (AvgIpc) is 1.65. The van der Waals surface area contributed by atoms with E-state index in [1.54, 1.807) is 14.1 Å². The number of amides is 1. The predicted octanol–water partition coefficient (Wildman–Crippen LogP) is -1.20. The van der Waals surface area contributed by atoms with E-state index in [0.717, 1.165) is 5.12 Å². The first kappa shape index (κ1) is 6.39. The molecule has 0 rings (SSSR count). The maximum atomic E-state index is 9.71. The van der Waals surface area contributed by atoms with Gasteiger partial charge in [-0.05, 0) is 0 Å². The number of hydrogen-bond donors (Lipinski definition) is 1. The summed E-state index contributed by atoms with van der Waals surface area (Å²) in [4.78, 5) is 9.71. The Morgan fingerprint density at radius 3 is 2.00 bits per heavy atom. The highest BCUT2D eigenvalue weighted by atomic mass is 16.2. The molecule has 0 heterocycles. The maximum absolute atomic E-state index is 9.71. The molecule has 0 fully saturated rings. The summed E-state index contributed by atoms with van der Waals surface area (Å²) in [6, 6.07) is 0. The quantitative estimate of drug-likeness (QED) is 0.206. The van der Waals surface area contributed by atoms with Crippen LogP contribution in [0.5, 0.6) is 0 Å². The molecular weight excluding hydrogens is 94.1 g/mol. The number of rotatable bonds is 2. The van der Waals surface area contributed by atoms with Gasteiger partial charge in [0, 0.05) is 14.1 Å². The van der Waals surface area contributed by atoms with Crippen molar-refractivity contribution in [2.45, 2.75) is 0 Å². The van der Waals surface area contributed by atoms with E-state index in [9.17, 15) is 4.79 Å². The van der Waals surface area contributed by atoms with Crippen molar-refractivity contribution in [3.63, 3.8) is 0 Å². The molecule has 0 saturated heterocycles. The Morgan fingerprint density at radius 1 is 1.57 bits per heavy atom. The van der Waals surface area contributed by atoms with Gasteiger partial charge in [0.1, 0.15) is 0 Å². The number of carbonyl (C=O) groups is 1. The van der Waals surface area contributed by atoms with Gasteiger partial charge in [0.25, 0.3) is 0 Å². The lowest BCUT2D eigenvalue weighted by molar-refractivity contribution is -0.130. The first-order valence-electron chi connectivity index (χ1n) is 1.85. The Labute approximate surface area is 42.4 Å². The lowest BCUT2D eigenvalue weighted by Gasteiger charge is -2.16. The molecule has 4 heteroatoms. The van der Waals surface area contributed by atoms with Crippen molar-refractivity contribution in [1.29, 1.82) is 0 Å². The summed E-state index contributed by atoms with van der Waals surface area (Å²) in [6.07, 6.45) is 0.528. The third-order valence-electron chi connectivity index (χ3n) is 0.570. The summed E-state index contributed by atoms with van der Waals surface area (Å²) in [7, 11) is 3.35. The van der Waals surface area contributed by atoms with E-state index in [-0.39, 0.29) is 0 Å². The predicted molar refractivity (Wildman–Crippen MR) is 25.8 cm³/mol. The van der Waals surface area contributed by atoms with Crippen molar-refractivity contribution in [3.8, 4) is 0 Å². The van der Waals surface area contributed by atoms with Crippen molar-refractivity contribution < 1.29 is 4.79 Å². The van der Waals surface area contributed by atoms with Gasteiger partial charge < -0.3 is 0 Å². The van der Waals surface area contributed by atoms with Crippen LogP contribution >= 0.6 is 0 Å². The smallest absolute Gasteiger partial charge is 0.238 e. The summed E-state index contributed by atoms with van der Waals surface area (Å²) < 4.78 is 0. The van der Waals surface area contributed by atoms with Gasteiger partial charge in [0.15, 0.2) is 0 Å². The summed E-state index contributed by atoms with van der Waals surface area (Å²) >= 11 is 0. The van der Waals surface area contributed by atoms with Crippen molar-refractivity contribution >= 4 is 6.41 Å². The van der Waals surface area contributed by atoms with Gasteiger partial charge in [0.2, 0.25) is 6.41 Å². The minimum atomic E-state index is 0.528. The van der Waals surface area contributed by atoms with Crippen LogP contribution in [-0.4, -0.2) is 30.6 Å². The topological polar surface area (TPSA) is 49.6 Å². The van der Waals surface area contributed by atoms with E-state index in [1.165, 1.54) is 5.01 Å². The molecule has 4 nitrogen and oxygen atoms in total. The van der Waals surface area contributed by atoms with Crippen LogP contribution in [0.4, 0.5) is 0 Å². The lowest BCUT2D eigenvalue weighted by atomic mass is 11.1. The Morgan fingerprint density at radius 2 is 2.00 bits per heavy atom. The molecule has 0 aliphatic rings. The van der Waals surface area contributed by atoms with E-state index < -0.39 is 0 Å². The van der Waals surface area contributed by atoms with Crippen LogP contribution in [0.15, 0.2) is 0 Å². The van der Waals surface area contributed by atoms with Gasteiger partial charge >= 0.3 is 0 Å². The average molecular weight is 103 g/mol. The second kappa shape index (κ2) is 2.54. The molecule has 0 aliphatic carbocycles. The molecule has 0 aromatic rings. The molecule has 42 valence electrons. The molecule has 2 N–H and O–H groups in total. The van der Waals surface area contributed by atoms with Crippen molar-refractivity contribution in [1.82, 2.24) is 10.1 Å². The molecule has 0 aromatic carbocycles. The molecule has 0 atom stereocenters. The fourth-order valence-electron chi connectivity index (χ4n) is 0.0943. The number of carbonyl (C=O) groups excluding carboxylic acids is 1. The summed E-state index contributed by atoms with van der Waals surface area (Å²) in [5.74, 6) is 5.01. The Hall–Kier alpha value is -0.610. The second-order valence-corrected chi connectivity index (χ2v) is 1.33. The molecule has 0 saturated carbocycles. The summed E-state index contributed by atoms with van der Waals surface area (Å²) in [6.45, 7) is 0. The largest absolute Gasteiger partial charge is 0.276 e. The highest BCUT2D eigenvalue weighted by Gasteiger charge is 1.91. The van der Waals surface area contributed by atoms with Crippen LogP contribution in [0.3, 0.4) is 0 Å². The first-order valence-corrected chi connectivity index (χ1v) is 1.85. The summed E-state index contributed by atoms with van der Waals surface area (Å²) in [5, 5.41) is 2.41. The minimum absolute atomic E-state index is 0.528. The normalized spacial score (nSPS) is 9.14. The van der Waals surface area contributed by atoms with Crippen LogP contribution in [0.25, 0.3) is 0 Å². The zero-order valence-corrected chi connectivity index (χ0v) is 4.46. The standard InChI is InChI=1S/C3H9N3O/c1-5(2)6(4)3-7/h3H,4H2,1-2H3. The first-order chi connectivity index (χ1) is 3.18. The van der Waals surface area contributed by atoms with Crippen molar-refractivity contribution in [2.24, 2.45) is 5.84 Å². The van der Waals surface area contributed by atoms with Gasteiger partial charge in [-0.2, -0.15) is 0 Å². The highest BCUT2D eigenvalue weighted by Crippen LogP contribution is 1.69. The lowest BCUT2D eigenvalue weighted by Crippen LogP contribution is -2.41. The number of nitrogens with two attached hydrogens (primary N) is 1. The molecule has 0 bridgehead atoms. The second-order valence-electron chi connectivity index (χ2n) is 1.33. The highest BCUT2D eigenvalue weighted by molar-refractivity contribution is 5.44. The SMILES string of the molecule is CN(C)N(N)C=O. The fraction of sp³-hybridized carbons (Fsp3) is 0.667. The van der Waals surface area contributed by atoms with Gasteiger partial charge in [-0.1, -0.05) is 0 Å². The molecule has 0 radical (unpaired) electrons. The van der Waals surface area contributed by atoms with Crippen LogP contribution in [0.1, 0.15) is 0 Å². The molecule has 0 unspecified atom stereocenters. The monoisotopic (exact) mass is 103 g/mol. The van der Waals surface area contributed by atoms with Gasteiger partial charge in [-0.3, -0.25) is 4.79 Å². The van der Waals surface area contributed by atoms with Crippen LogP contribution in [0, 0.1) is 0 Å². The van der Waals surface area contributed by atoms with E-state index in [0.29, 0.717) is 6.41 Å². The molecule has 0 aromatic heterocycles. The minimum Gasteiger partial charge on any atom is -0.276 e. The van der Waals surface area contributed by atoms with Crippen LogP contribution in [0.2, 0.25) is 0 Å². The fourth-order valence-corrected chi connectivity index (χ4v) is 0.0943. The van der Waals surface area contributed by atoms with E-state index in [1.807, 2.05) is 0 Å². The third-order valence-corrected chi connectivity index (χ3v) is 0.570. The van der Waals surface area contributed by atoms with Gasteiger partial charge in [0.05, 0.1) is 0 Å². The third kappa shape index (κ3) is 2.13. The van der Waals surface area contributed by atoms with Gasteiger partial charge in [-0.15, -0.1) is 0 Å². The van der Waals surface area contributed by atoms with Crippen molar-refractivity contribution in [3.05, 3.63) is 0 Å². The zero-order chi connectivity index (χ0) is 5.86. The summed E-state index contributed by atoms with van der Waals surface area (Å²) in [5.41, 5.74) is 0. The number of nitrogens with zero attached hydrogens (tertiary/aromatic N) is 2. The number of hydrazine groups is 2. The van der Waals surface area contributed by atoms with Gasteiger partial charge in [-0.25, -0.2) is 16.0 Å². The number of hydrogen-bond acceptors (Lipinski definition) is 3. The molecular formula is C3H9N3O. The van der Waals surface area contributed by atoms with E-state index in [4.69, 9.17) is 5.84 Å². The molecule has 0 aliphatic heterocycles. The zero-order valence-electron chi connectivity index (χ0n) is 4.46. The molecule has 1 amide bonds. The molecule has 7 heavy (non-hydrogen) atoms. The van der Waals surface area contributed by atoms with Crippen molar-refractivity contribution in [2.75, 3.05) is 14.1 Å². The Kier molecular flexibility index (Phi) is 2.32. The van der Waals surface area contributed by atoms with E-state index >= 15 is 0 Å². The molecule has 0 spiro atoms. The van der Waals surface area contributed by atoms with E-state index in [2.05, 4.69) is 0 Å². The maximum Gasteiger partial charge on any atom is 0.238 e. The Balaban J connectivity index is 3.33. The van der Waals surface area contributed by atoms with Crippen LogP contribution in [-0.2, 0) is 4.79 Å².